The van der Waals surface area contributed by atoms with Crippen LogP contribution in [0.3, 0.4) is 0 Å². The molecular formula is C26H45N3O4S. The summed E-state index contributed by atoms with van der Waals surface area (Å²) in [5.74, 6) is 3.68. The fraction of sp³-hybridized carbons (Fsp3) is 0.962. The highest BCUT2D eigenvalue weighted by Crippen LogP contribution is 2.70. The maximum atomic E-state index is 12.3. The third kappa shape index (κ3) is 4.24. The Balaban J connectivity index is 1.24. The Morgan fingerprint density at radius 2 is 1.79 bits per heavy atom. The monoisotopic (exact) mass is 495 g/mol. The summed E-state index contributed by atoms with van der Waals surface area (Å²) in [6, 6.07) is 0. The van der Waals surface area contributed by atoms with E-state index >= 15 is 0 Å². The van der Waals surface area contributed by atoms with Crippen molar-refractivity contribution in [3.63, 3.8) is 0 Å². The number of nitrogens with one attached hydrogen (secondary N) is 3. The summed E-state index contributed by atoms with van der Waals surface area (Å²) in [7, 11) is -4.04. The zero-order chi connectivity index (χ0) is 24.4. The lowest BCUT2D eigenvalue weighted by atomic mass is 9.42. The highest BCUT2D eigenvalue weighted by Gasteiger charge is 2.69. The fourth-order valence-electron chi connectivity index (χ4n) is 9.64. The van der Waals surface area contributed by atoms with Crippen LogP contribution in [0.5, 0.6) is 0 Å². The maximum Gasteiger partial charge on any atom is 0.266 e. The van der Waals surface area contributed by atoms with E-state index in [1.807, 2.05) is 0 Å². The molecule has 0 aromatic heterocycles. The molecule has 1 aliphatic heterocycles. The topological polar surface area (TPSA) is 127 Å². The van der Waals surface area contributed by atoms with Gasteiger partial charge in [0.15, 0.2) is 0 Å². The summed E-state index contributed by atoms with van der Waals surface area (Å²) >= 11 is 0. The Morgan fingerprint density at radius 1 is 1.06 bits per heavy atom. The minimum absolute atomic E-state index is 0.0276. The summed E-state index contributed by atoms with van der Waals surface area (Å²) in [6.07, 6.45) is 13.4. The van der Waals surface area contributed by atoms with Gasteiger partial charge >= 0.3 is 0 Å². The zero-order valence-corrected chi connectivity index (χ0v) is 22.1. The third-order valence-electron chi connectivity index (χ3n) is 11.4. The number of carbonyl (C=O) groups is 1. The van der Waals surface area contributed by atoms with Crippen LogP contribution >= 0.6 is 0 Å². The average Bonchev–Trinajstić information content (AvgIpc) is 3.44. The van der Waals surface area contributed by atoms with E-state index in [1.165, 1.54) is 57.8 Å². The van der Waals surface area contributed by atoms with Crippen molar-refractivity contribution in [3.8, 4) is 0 Å². The second-order valence-corrected chi connectivity index (χ2v) is 14.6. The Labute approximate surface area is 205 Å². The molecule has 194 valence electrons. The van der Waals surface area contributed by atoms with Crippen LogP contribution < -0.4 is 16.2 Å². The van der Waals surface area contributed by atoms with E-state index in [9.17, 15) is 13.2 Å². The lowest BCUT2D eigenvalue weighted by Crippen LogP contribution is -2.60. The highest BCUT2D eigenvalue weighted by molar-refractivity contribution is 7.85. The second-order valence-electron chi connectivity index (χ2n) is 13.0. The number of rotatable bonds is 7. The van der Waals surface area contributed by atoms with Crippen molar-refractivity contribution in [3.05, 3.63) is 0 Å². The van der Waals surface area contributed by atoms with Crippen LogP contribution in [-0.4, -0.2) is 36.8 Å². The van der Waals surface area contributed by atoms with Crippen LogP contribution in [0.25, 0.3) is 0 Å². The van der Waals surface area contributed by atoms with Crippen molar-refractivity contribution < 1.29 is 17.8 Å². The smallest absolute Gasteiger partial charge is 0.266 e. The van der Waals surface area contributed by atoms with Crippen LogP contribution in [-0.2, 0) is 14.9 Å². The van der Waals surface area contributed by atoms with Crippen molar-refractivity contribution >= 4 is 16.0 Å². The van der Waals surface area contributed by atoms with Gasteiger partial charge in [0.2, 0.25) is 5.91 Å². The first-order valence-electron chi connectivity index (χ1n) is 13.7. The lowest BCUT2D eigenvalue weighted by molar-refractivity contribution is -0.133. The molecule has 8 heteroatoms. The van der Waals surface area contributed by atoms with Crippen molar-refractivity contribution in [1.82, 2.24) is 16.2 Å². The van der Waals surface area contributed by atoms with E-state index in [0.717, 1.165) is 24.2 Å². The number of hydrazine groups is 1. The Morgan fingerprint density at radius 3 is 2.50 bits per heavy atom. The van der Waals surface area contributed by atoms with Gasteiger partial charge in [-0.3, -0.25) is 9.35 Å². The third-order valence-corrected chi connectivity index (χ3v) is 12.1. The van der Waals surface area contributed by atoms with E-state index in [4.69, 9.17) is 4.55 Å². The molecule has 2 unspecified atom stereocenters. The molecule has 1 heterocycles. The number of carbonyl (C=O) groups excluding carboxylic acids is 1. The summed E-state index contributed by atoms with van der Waals surface area (Å²) in [5, 5.41) is 2.64. The van der Waals surface area contributed by atoms with E-state index in [-0.39, 0.29) is 18.1 Å². The van der Waals surface area contributed by atoms with Crippen molar-refractivity contribution in [2.45, 2.75) is 97.1 Å². The summed E-state index contributed by atoms with van der Waals surface area (Å²) in [4.78, 5) is 12.3. The first-order chi connectivity index (χ1) is 16.0. The maximum absolute atomic E-state index is 12.3. The number of amides is 1. The van der Waals surface area contributed by atoms with Crippen molar-refractivity contribution in [1.29, 1.82) is 0 Å². The molecule has 4 N–H and O–H groups in total. The van der Waals surface area contributed by atoms with E-state index in [1.54, 1.807) is 0 Å². The largest absolute Gasteiger partial charge is 0.355 e. The van der Waals surface area contributed by atoms with Crippen LogP contribution in [0.2, 0.25) is 0 Å². The molecular weight excluding hydrogens is 450 g/mol. The van der Waals surface area contributed by atoms with Crippen LogP contribution in [0.15, 0.2) is 0 Å². The van der Waals surface area contributed by atoms with E-state index in [0.29, 0.717) is 35.0 Å². The molecule has 1 saturated heterocycles. The van der Waals surface area contributed by atoms with Gasteiger partial charge in [-0.2, -0.15) is 8.42 Å². The van der Waals surface area contributed by atoms with Crippen LogP contribution in [0.1, 0.15) is 91.4 Å². The molecule has 0 bridgehead atoms. The van der Waals surface area contributed by atoms with Crippen molar-refractivity contribution in [2.75, 3.05) is 12.3 Å². The summed E-state index contributed by atoms with van der Waals surface area (Å²) < 4.78 is 30.6. The van der Waals surface area contributed by atoms with Gasteiger partial charge in [-0.25, -0.2) is 10.9 Å². The first kappa shape index (κ1) is 25.0. The Bertz CT molecular complexity index is 906. The minimum atomic E-state index is -4.04. The molecule has 34 heavy (non-hydrogen) atoms. The molecule has 4 aliphatic carbocycles. The van der Waals surface area contributed by atoms with Gasteiger partial charge in [-0.15, -0.1) is 0 Å². The minimum Gasteiger partial charge on any atom is -0.355 e. The predicted octanol–water partition coefficient (Wildman–Crippen LogP) is 3.87. The van der Waals surface area contributed by atoms with Gasteiger partial charge in [-0.1, -0.05) is 33.6 Å². The SMILES string of the molecule is C[C@H](CCC(=O)NCCS(=O)(=O)O)[C@H]1CC[C@@H]2C3[C@@H](CC[C@@]21C)[C@@]1(C)CCCCC1CC31NN1. The van der Waals surface area contributed by atoms with E-state index < -0.39 is 15.9 Å². The first-order valence-corrected chi connectivity index (χ1v) is 15.4. The van der Waals surface area contributed by atoms with Crippen LogP contribution in [0.4, 0.5) is 0 Å². The number of fused-ring (bicyclic) bond motifs is 6. The molecule has 0 radical (unpaired) electrons. The molecule has 7 nitrogen and oxygen atoms in total. The predicted molar refractivity (Wildman–Crippen MR) is 132 cm³/mol. The quantitative estimate of drug-likeness (QED) is 0.314. The molecule has 4 saturated carbocycles. The Kier molecular flexibility index (Phi) is 6.39. The van der Waals surface area contributed by atoms with E-state index in [2.05, 4.69) is 36.9 Å². The lowest BCUT2D eigenvalue weighted by Gasteiger charge is -2.62. The highest BCUT2D eigenvalue weighted by atomic mass is 32.2. The van der Waals surface area contributed by atoms with Crippen molar-refractivity contribution in [2.24, 2.45) is 46.3 Å². The van der Waals surface area contributed by atoms with Crippen LogP contribution in [0, 0.1) is 46.3 Å². The fourth-order valence-corrected chi connectivity index (χ4v) is 10.00. The molecule has 1 amide bonds. The van der Waals surface area contributed by atoms with Gasteiger partial charge in [0.1, 0.15) is 0 Å². The normalized spacial score (nSPS) is 43.5. The zero-order valence-electron chi connectivity index (χ0n) is 21.2. The average molecular weight is 496 g/mol. The van der Waals surface area contributed by atoms with Gasteiger partial charge in [0.25, 0.3) is 10.1 Å². The molecule has 5 aliphatic rings. The molecule has 1 spiro atoms. The second kappa shape index (κ2) is 8.70. The van der Waals surface area contributed by atoms with Gasteiger partial charge in [-0.05, 0) is 97.7 Å². The number of hydrogen-bond acceptors (Lipinski definition) is 5. The molecule has 5 fully saturated rings. The van der Waals surface area contributed by atoms with Gasteiger partial charge < -0.3 is 5.32 Å². The van der Waals surface area contributed by atoms with Gasteiger partial charge in [0.05, 0.1) is 11.4 Å². The molecule has 8 atom stereocenters. The molecule has 0 aromatic rings. The number of hydrogen-bond donors (Lipinski definition) is 4. The molecule has 5 rings (SSSR count). The standard InChI is InChI=1S/C26H45N3O4S/c1-17(7-10-22(30)27-14-15-34(31,32)33)19-8-9-20-23-21(11-13-25(19,20)3)24(2)12-5-4-6-18(24)16-26(23)28-29-26/h17-21,23,28-29H,4-16H2,1-3H3,(H,27,30)(H,31,32,33)/t17-,18?,19-,20-,21-,23?,24+,25-/m1/s1. The Hall–Kier alpha value is -0.700. The summed E-state index contributed by atoms with van der Waals surface area (Å²) in [5.41, 5.74) is 8.37. The van der Waals surface area contributed by atoms with Gasteiger partial charge in [0, 0.05) is 13.0 Å². The summed E-state index contributed by atoms with van der Waals surface area (Å²) in [6.45, 7) is 7.47. The molecule has 0 aromatic carbocycles.